The fraction of sp³-hybridized carbons (Fsp3) is 0.667. The molecule has 0 amide bonds. The zero-order valence-corrected chi connectivity index (χ0v) is 12.4. The monoisotopic (exact) mass is 311 g/mol. The molecular weight excluding hydrogens is 293 g/mol. The number of carbonyl (C=O) groups is 3. The van der Waals surface area contributed by atoms with Crippen LogP contribution in [0.15, 0.2) is 0 Å². The fourth-order valence-electron chi connectivity index (χ4n) is 0. The maximum Gasteiger partial charge on any atom is 0.148 e. The second-order valence-electron chi connectivity index (χ2n) is 2.63. The third-order valence-corrected chi connectivity index (χ3v) is 0.591. The molecule has 0 aliphatic rings. The summed E-state index contributed by atoms with van der Waals surface area (Å²) in [5, 5.41) is 24.0. The second kappa shape index (κ2) is 20.4. The van der Waals surface area contributed by atoms with Gasteiger partial charge in [0.05, 0.1) is 0 Å². The van der Waals surface area contributed by atoms with Crippen LogP contribution >= 0.6 is 0 Å². The zero-order valence-electron chi connectivity index (χ0n) is 9.61. The molecule has 0 spiro atoms. The number of aliphatic hydroxyl groups is 3. The molecule has 1 radical (unpaired) electrons. The Bertz CT molecular complexity index is 130. The summed E-state index contributed by atoms with van der Waals surface area (Å²) in [6, 6.07) is 0. The summed E-state index contributed by atoms with van der Waals surface area (Å²) in [4.78, 5) is 27.8. The predicted octanol–water partition coefficient (Wildman–Crippen LogP) is -1.30. The van der Waals surface area contributed by atoms with Gasteiger partial charge in [-0.15, -0.1) is 0 Å². The number of aldehydes is 3. The van der Waals surface area contributed by atoms with Crippen LogP contribution in [0.1, 0.15) is 20.8 Å². The van der Waals surface area contributed by atoms with Crippen LogP contribution in [-0.4, -0.2) is 52.5 Å². The molecule has 0 aromatic rings. The summed E-state index contributed by atoms with van der Waals surface area (Å²) in [5.41, 5.74) is 0. The van der Waals surface area contributed by atoms with E-state index in [1.807, 2.05) is 0 Å². The van der Waals surface area contributed by atoms with Crippen molar-refractivity contribution in [2.45, 2.75) is 39.1 Å². The Morgan fingerprint density at radius 1 is 0.688 bits per heavy atom. The average molecular weight is 311 g/mol. The Labute approximate surface area is 120 Å². The number of rotatable bonds is 3. The van der Waals surface area contributed by atoms with Gasteiger partial charge in [-0.1, -0.05) is 0 Å². The molecule has 0 fully saturated rings. The number of carbonyl (C=O) groups excluding carboxylic acids is 3. The summed E-state index contributed by atoms with van der Waals surface area (Å²) in [6.07, 6.45) is -0.972. The summed E-state index contributed by atoms with van der Waals surface area (Å²) >= 11 is 0. The van der Waals surface area contributed by atoms with Gasteiger partial charge in [-0.05, 0) is 20.8 Å². The van der Waals surface area contributed by atoms with Gasteiger partial charge >= 0.3 is 0 Å². The molecule has 93 valence electrons. The van der Waals surface area contributed by atoms with Gasteiger partial charge in [-0.2, -0.15) is 0 Å². The smallest absolute Gasteiger partial charge is 0.148 e. The third-order valence-electron chi connectivity index (χ3n) is 0.591. The largest absolute Gasteiger partial charge is 0.386 e. The van der Waals surface area contributed by atoms with Gasteiger partial charge in [0, 0.05) is 32.7 Å². The minimum absolute atomic E-state index is 0. The SMILES string of the molecule is CC(O)C=O.CC(O)C=O.CC(O)C=O.[Y]. The van der Waals surface area contributed by atoms with Crippen molar-refractivity contribution in [3.05, 3.63) is 0 Å². The maximum absolute atomic E-state index is 9.25. The quantitative estimate of drug-likeness (QED) is 0.558. The molecule has 0 aliphatic carbocycles. The zero-order chi connectivity index (χ0) is 12.9. The normalized spacial score (nSPS) is 13.1. The molecule has 16 heavy (non-hydrogen) atoms. The van der Waals surface area contributed by atoms with E-state index in [-0.39, 0.29) is 32.7 Å². The topological polar surface area (TPSA) is 112 Å². The Hall–Kier alpha value is -0.00610. The standard InChI is InChI=1S/3C3H6O2.Y/c3*1-3(5)2-4;/h3*2-3,5H,1H3;. The molecule has 0 heterocycles. The van der Waals surface area contributed by atoms with E-state index in [4.69, 9.17) is 15.3 Å². The van der Waals surface area contributed by atoms with Crippen molar-refractivity contribution in [3.8, 4) is 0 Å². The maximum atomic E-state index is 9.25. The fourth-order valence-corrected chi connectivity index (χ4v) is 0. The van der Waals surface area contributed by atoms with Crippen molar-refractivity contribution in [2.75, 3.05) is 0 Å². The Balaban J connectivity index is -0.0000000655. The van der Waals surface area contributed by atoms with E-state index < -0.39 is 18.3 Å². The molecule has 3 N–H and O–H groups in total. The van der Waals surface area contributed by atoms with Crippen LogP contribution in [-0.2, 0) is 47.1 Å². The van der Waals surface area contributed by atoms with E-state index >= 15 is 0 Å². The van der Waals surface area contributed by atoms with Crippen LogP contribution in [0.2, 0.25) is 0 Å². The van der Waals surface area contributed by atoms with E-state index in [9.17, 15) is 14.4 Å². The van der Waals surface area contributed by atoms with E-state index in [1.165, 1.54) is 20.8 Å². The molecule has 6 nitrogen and oxygen atoms in total. The summed E-state index contributed by atoms with van der Waals surface area (Å²) in [7, 11) is 0. The van der Waals surface area contributed by atoms with Crippen molar-refractivity contribution in [1.29, 1.82) is 0 Å². The van der Waals surface area contributed by atoms with Crippen LogP contribution in [0.25, 0.3) is 0 Å². The van der Waals surface area contributed by atoms with Gasteiger partial charge in [0.1, 0.15) is 37.2 Å². The van der Waals surface area contributed by atoms with Gasteiger partial charge in [0.2, 0.25) is 0 Å². The van der Waals surface area contributed by atoms with E-state index in [0.717, 1.165) is 0 Å². The number of hydrogen-bond acceptors (Lipinski definition) is 6. The van der Waals surface area contributed by atoms with E-state index in [0.29, 0.717) is 18.9 Å². The first-order valence-corrected chi connectivity index (χ1v) is 4.21. The molecule has 0 saturated carbocycles. The first kappa shape index (κ1) is 25.0. The minimum atomic E-state index is -0.796. The van der Waals surface area contributed by atoms with Gasteiger partial charge in [0.25, 0.3) is 0 Å². The molecule has 0 rings (SSSR count). The molecule has 0 aromatic heterocycles. The summed E-state index contributed by atoms with van der Waals surface area (Å²) in [6.45, 7) is 4.23. The molecular formula is C9H18O6Y. The van der Waals surface area contributed by atoms with Crippen LogP contribution in [0, 0.1) is 0 Å². The van der Waals surface area contributed by atoms with Crippen LogP contribution in [0.4, 0.5) is 0 Å². The van der Waals surface area contributed by atoms with Crippen molar-refractivity contribution in [3.63, 3.8) is 0 Å². The van der Waals surface area contributed by atoms with Crippen molar-refractivity contribution in [1.82, 2.24) is 0 Å². The summed E-state index contributed by atoms with van der Waals surface area (Å²) < 4.78 is 0. The molecule has 0 aromatic carbocycles. The van der Waals surface area contributed by atoms with Gasteiger partial charge in [-0.3, -0.25) is 0 Å². The second-order valence-corrected chi connectivity index (χ2v) is 2.63. The van der Waals surface area contributed by atoms with Gasteiger partial charge in [-0.25, -0.2) is 0 Å². The van der Waals surface area contributed by atoms with Crippen LogP contribution < -0.4 is 0 Å². The molecule has 7 heteroatoms. The molecule has 3 unspecified atom stereocenters. The van der Waals surface area contributed by atoms with Gasteiger partial charge < -0.3 is 29.7 Å². The third kappa shape index (κ3) is 65.8. The summed E-state index contributed by atoms with van der Waals surface area (Å²) in [5.74, 6) is 0. The van der Waals surface area contributed by atoms with Crippen molar-refractivity contribution >= 4 is 18.9 Å². The average Bonchev–Trinajstić information content (AvgIpc) is 2.19. The van der Waals surface area contributed by atoms with Crippen molar-refractivity contribution < 1.29 is 62.4 Å². The molecule has 0 saturated heterocycles. The van der Waals surface area contributed by atoms with E-state index in [2.05, 4.69) is 0 Å². The Kier molecular flexibility index (Phi) is 31.9. The molecule has 0 aliphatic heterocycles. The Morgan fingerprint density at radius 2 is 0.750 bits per heavy atom. The Morgan fingerprint density at radius 3 is 0.750 bits per heavy atom. The van der Waals surface area contributed by atoms with Gasteiger partial charge in [0.15, 0.2) is 0 Å². The minimum Gasteiger partial charge on any atom is -0.386 e. The number of hydrogen-bond donors (Lipinski definition) is 3. The molecule has 3 atom stereocenters. The first-order chi connectivity index (χ1) is 6.81. The van der Waals surface area contributed by atoms with E-state index in [1.54, 1.807) is 0 Å². The molecule has 0 bridgehead atoms. The number of aliphatic hydroxyl groups excluding tert-OH is 3. The predicted molar refractivity (Wildman–Crippen MR) is 53.2 cm³/mol. The van der Waals surface area contributed by atoms with Crippen LogP contribution in [0.3, 0.4) is 0 Å². The first-order valence-electron chi connectivity index (χ1n) is 4.21. The van der Waals surface area contributed by atoms with Crippen LogP contribution in [0.5, 0.6) is 0 Å². The van der Waals surface area contributed by atoms with Crippen molar-refractivity contribution in [2.24, 2.45) is 0 Å².